The van der Waals surface area contributed by atoms with Crippen LogP contribution in [0.1, 0.15) is 23.1 Å². The molecule has 1 aromatic heterocycles. The number of rotatable bonds is 3. The lowest BCUT2D eigenvalue weighted by Crippen LogP contribution is -2.31. The Morgan fingerprint density at radius 2 is 1.81 bits per heavy atom. The molecular weight excluding hydrogens is 341 g/mol. The number of hydrogen-bond acceptors (Lipinski definition) is 4. The third-order valence-electron chi connectivity index (χ3n) is 4.48. The molecule has 136 valence electrons. The van der Waals surface area contributed by atoms with Crippen molar-refractivity contribution in [2.75, 3.05) is 31.1 Å². The van der Waals surface area contributed by atoms with Crippen molar-refractivity contribution < 1.29 is 13.2 Å². The van der Waals surface area contributed by atoms with Gasteiger partial charge in [0, 0.05) is 38.9 Å². The normalized spacial score (nSPS) is 16.2. The number of pyridine rings is 1. The Bertz CT molecular complexity index is 781. The minimum Gasteiger partial charge on any atom is -0.354 e. The van der Waals surface area contributed by atoms with E-state index in [1.54, 1.807) is 18.3 Å². The summed E-state index contributed by atoms with van der Waals surface area (Å²) in [5.41, 5.74) is 0.799. The van der Waals surface area contributed by atoms with Crippen molar-refractivity contribution in [3.8, 4) is 6.07 Å². The molecule has 0 spiro atoms. The molecule has 0 amide bonds. The summed E-state index contributed by atoms with van der Waals surface area (Å²) in [7, 11) is 0. The van der Waals surface area contributed by atoms with Gasteiger partial charge in [-0.1, -0.05) is 12.1 Å². The van der Waals surface area contributed by atoms with Crippen molar-refractivity contribution >= 4 is 5.82 Å². The van der Waals surface area contributed by atoms with Gasteiger partial charge in [-0.3, -0.25) is 4.90 Å². The molecule has 1 aliphatic rings. The summed E-state index contributed by atoms with van der Waals surface area (Å²) in [5.74, 6) is 0.700. The van der Waals surface area contributed by atoms with E-state index < -0.39 is 11.7 Å². The lowest BCUT2D eigenvalue weighted by molar-refractivity contribution is -0.137. The highest BCUT2D eigenvalue weighted by atomic mass is 19.4. The Balaban J connectivity index is 1.63. The van der Waals surface area contributed by atoms with Crippen molar-refractivity contribution in [1.29, 1.82) is 5.26 Å². The number of aromatic nitrogens is 1. The molecule has 0 atom stereocenters. The zero-order valence-corrected chi connectivity index (χ0v) is 14.2. The van der Waals surface area contributed by atoms with Gasteiger partial charge in [-0.15, -0.1) is 0 Å². The lowest BCUT2D eigenvalue weighted by Gasteiger charge is -2.23. The van der Waals surface area contributed by atoms with Crippen LogP contribution < -0.4 is 4.90 Å². The number of hydrogen-bond donors (Lipinski definition) is 0. The van der Waals surface area contributed by atoms with E-state index in [0.717, 1.165) is 50.3 Å². The fraction of sp³-hybridized carbons (Fsp3) is 0.368. The molecule has 1 saturated heterocycles. The highest BCUT2D eigenvalue weighted by Gasteiger charge is 2.30. The van der Waals surface area contributed by atoms with E-state index in [-0.39, 0.29) is 0 Å². The predicted octanol–water partition coefficient (Wildman–Crippen LogP) is 3.68. The Hall–Kier alpha value is -2.59. The first-order valence-corrected chi connectivity index (χ1v) is 8.46. The second-order valence-electron chi connectivity index (χ2n) is 6.30. The van der Waals surface area contributed by atoms with Crippen LogP contribution in [0.2, 0.25) is 0 Å². The van der Waals surface area contributed by atoms with Gasteiger partial charge in [0.15, 0.2) is 0 Å². The van der Waals surface area contributed by atoms with Crippen LogP contribution in [0.25, 0.3) is 0 Å². The third kappa shape index (κ3) is 4.33. The molecule has 3 rings (SSSR count). The minimum atomic E-state index is -4.30. The molecule has 1 aliphatic heterocycles. The van der Waals surface area contributed by atoms with Crippen LogP contribution in [0.5, 0.6) is 0 Å². The molecule has 0 saturated carbocycles. The molecule has 0 N–H and O–H groups in total. The zero-order chi connectivity index (χ0) is 18.6. The van der Waals surface area contributed by atoms with Gasteiger partial charge >= 0.3 is 6.18 Å². The second-order valence-corrected chi connectivity index (χ2v) is 6.30. The van der Waals surface area contributed by atoms with Crippen molar-refractivity contribution in [2.24, 2.45) is 0 Å². The topological polar surface area (TPSA) is 43.2 Å². The summed E-state index contributed by atoms with van der Waals surface area (Å²) in [5, 5.41) is 9.24. The van der Waals surface area contributed by atoms with Crippen LogP contribution in [0.4, 0.5) is 19.0 Å². The van der Waals surface area contributed by atoms with E-state index in [4.69, 9.17) is 0 Å². The van der Waals surface area contributed by atoms with Gasteiger partial charge in [0.2, 0.25) is 0 Å². The van der Waals surface area contributed by atoms with Gasteiger partial charge in [0.1, 0.15) is 11.9 Å². The van der Waals surface area contributed by atoms with Crippen LogP contribution in [-0.4, -0.2) is 36.1 Å². The summed E-state index contributed by atoms with van der Waals surface area (Å²) >= 11 is 0. The number of nitriles is 1. The summed E-state index contributed by atoms with van der Waals surface area (Å²) in [6.07, 6.45) is -1.72. The van der Waals surface area contributed by atoms with Crippen LogP contribution >= 0.6 is 0 Å². The third-order valence-corrected chi connectivity index (χ3v) is 4.48. The number of anilines is 1. The van der Waals surface area contributed by atoms with Crippen molar-refractivity contribution in [3.05, 3.63) is 59.3 Å². The monoisotopic (exact) mass is 360 g/mol. The predicted molar refractivity (Wildman–Crippen MR) is 92.5 cm³/mol. The molecule has 0 radical (unpaired) electrons. The largest absolute Gasteiger partial charge is 0.416 e. The first-order chi connectivity index (χ1) is 12.5. The first kappa shape index (κ1) is 18.2. The van der Waals surface area contributed by atoms with E-state index >= 15 is 0 Å². The summed E-state index contributed by atoms with van der Waals surface area (Å²) in [6.45, 7) is 3.76. The van der Waals surface area contributed by atoms with Gasteiger partial charge in [-0.2, -0.15) is 18.4 Å². The molecule has 0 unspecified atom stereocenters. The van der Waals surface area contributed by atoms with Crippen LogP contribution in [0.15, 0.2) is 42.6 Å². The highest BCUT2D eigenvalue weighted by molar-refractivity contribution is 5.53. The van der Waals surface area contributed by atoms with Crippen molar-refractivity contribution in [1.82, 2.24) is 9.88 Å². The fourth-order valence-corrected chi connectivity index (χ4v) is 3.13. The molecule has 2 heterocycles. The highest BCUT2D eigenvalue weighted by Crippen LogP contribution is 2.29. The molecule has 7 heteroatoms. The van der Waals surface area contributed by atoms with Crippen LogP contribution in [0.3, 0.4) is 0 Å². The van der Waals surface area contributed by atoms with E-state index in [9.17, 15) is 18.4 Å². The van der Waals surface area contributed by atoms with E-state index in [2.05, 4.69) is 20.9 Å². The average Bonchev–Trinajstić information content (AvgIpc) is 2.87. The molecule has 1 fully saturated rings. The minimum absolute atomic E-state index is 0.559. The van der Waals surface area contributed by atoms with Crippen molar-refractivity contribution in [3.63, 3.8) is 0 Å². The molecule has 2 aromatic rings. The summed E-state index contributed by atoms with van der Waals surface area (Å²) in [6, 6.07) is 11.0. The number of alkyl halides is 3. The fourth-order valence-electron chi connectivity index (χ4n) is 3.13. The molecule has 0 aliphatic carbocycles. The maximum absolute atomic E-state index is 12.7. The Labute approximate surface area is 150 Å². The Morgan fingerprint density at radius 1 is 1.04 bits per heavy atom. The average molecular weight is 360 g/mol. The number of halogens is 3. The molecule has 0 bridgehead atoms. The van der Waals surface area contributed by atoms with E-state index in [1.807, 2.05) is 0 Å². The van der Waals surface area contributed by atoms with Gasteiger partial charge in [0.05, 0.1) is 11.1 Å². The van der Waals surface area contributed by atoms with Gasteiger partial charge in [-0.25, -0.2) is 4.98 Å². The molecular formula is C19H19F3N4. The first-order valence-electron chi connectivity index (χ1n) is 8.46. The van der Waals surface area contributed by atoms with E-state index in [0.29, 0.717) is 17.9 Å². The Kier molecular flexibility index (Phi) is 5.43. The van der Waals surface area contributed by atoms with E-state index in [1.165, 1.54) is 12.1 Å². The Morgan fingerprint density at radius 3 is 2.50 bits per heavy atom. The maximum atomic E-state index is 12.7. The molecule has 26 heavy (non-hydrogen) atoms. The maximum Gasteiger partial charge on any atom is 0.416 e. The van der Waals surface area contributed by atoms with Crippen LogP contribution in [0, 0.1) is 11.3 Å². The molecule has 4 nitrogen and oxygen atoms in total. The number of nitrogens with zero attached hydrogens (tertiary/aromatic N) is 4. The quantitative estimate of drug-likeness (QED) is 0.837. The van der Waals surface area contributed by atoms with Crippen molar-refractivity contribution in [2.45, 2.75) is 19.1 Å². The van der Waals surface area contributed by atoms with Crippen LogP contribution in [-0.2, 0) is 12.7 Å². The summed E-state index contributed by atoms with van der Waals surface area (Å²) < 4.78 is 38.0. The number of benzene rings is 1. The molecule has 1 aromatic carbocycles. The lowest BCUT2D eigenvalue weighted by atomic mass is 10.1. The second kappa shape index (κ2) is 7.75. The van der Waals surface area contributed by atoms with Gasteiger partial charge in [-0.05, 0) is 36.2 Å². The smallest absolute Gasteiger partial charge is 0.354 e. The van der Waals surface area contributed by atoms with Gasteiger partial charge in [0.25, 0.3) is 0 Å². The summed E-state index contributed by atoms with van der Waals surface area (Å²) in [4.78, 5) is 8.66. The zero-order valence-electron chi connectivity index (χ0n) is 14.2. The van der Waals surface area contributed by atoms with Gasteiger partial charge < -0.3 is 4.90 Å². The SMILES string of the molecule is N#Cc1cccnc1N1CCCN(Cc2ccc(C(F)(F)F)cc2)CC1. The standard InChI is InChI=1S/C19H19F3N4/c20-19(21,22)17-6-4-15(5-7-17)14-25-9-2-10-26(12-11-25)18-16(13-23)3-1-8-24-18/h1,3-8H,2,9-12,14H2.